The highest BCUT2D eigenvalue weighted by Gasteiger charge is 2.20. The first-order chi connectivity index (χ1) is 11.9. The van der Waals surface area contributed by atoms with Gasteiger partial charge in [0.05, 0.1) is 23.0 Å². The van der Waals surface area contributed by atoms with Gasteiger partial charge in [0.25, 0.3) is 5.91 Å². The summed E-state index contributed by atoms with van der Waals surface area (Å²) in [5, 5.41) is 11.7. The molecule has 0 spiro atoms. The van der Waals surface area contributed by atoms with E-state index in [0.29, 0.717) is 11.0 Å². The van der Waals surface area contributed by atoms with Crippen molar-refractivity contribution in [1.29, 1.82) is 0 Å². The van der Waals surface area contributed by atoms with Crippen molar-refractivity contribution in [2.75, 3.05) is 16.4 Å². The molecule has 0 saturated heterocycles. The zero-order chi connectivity index (χ0) is 18.1. The Morgan fingerprint density at radius 3 is 2.72 bits per heavy atom. The number of hydrogen-bond acceptors (Lipinski definition) is 5. The van der Waals surface area contributed by atoms with Gasteiger partial charge in [0, 0.05) is 6.92 Å². The van der Waals surface area contributed by atoms with E-state index in [2.05, 4.69) is 25.8 Å². The van der Waals surface area contributed by atoms with Gasteiger partial charge in [-0.1, -0.05) is 0 Å². The van der Waals surface area contributed by atoms with E-state index in [4.69, 9.17) is 5.73 Å². The minimum absolute atomic E-state index is 0.159. The molecule has 1 aromatic carbocycles. The van der Waals surface area contributed by atoms with Crippen molar-refractivity contribution in [2.45, 2.75) is 6.92 Å². The Morgan fingerprint density at radius 2 is 2.00 bits per heavy atom. The molecule has 0 bridgehead atoms. The lowest BCUT2D eigenvalue weighted by Gasteiger charge is -2.08. The molecule has 0 aliphatic heterocycles. The summed E-state index contributed by atoms with van der Waals surface area (Å²) in [5.41, 5.74) is 4.74. The first kappa shape index (κ1) is 16.3. The van der Waals surface area contributed by atoms with Gasteiger partial charge in [0.1, 0.15) is 11.4 Å². The molecule has 2 amide bonds. The monoisotopic (exact) mass is 346 g/mol. The molecular formula is C15H12F2N6O2. The highest BCUT2D eigenvalue weighted by molar-refractivity contribution is 6.06. The van der Waals surface area contributed by atoms with E-state index in [1.165, 1.54) is 19.2 Å². The third-order valence-electron chi connectivity index (χ3n) is 3.32. The van der Waals surface area contributed by atoms with Crippen LogP contribution < -0.4 is 16.4 Å². The quantitative estimate of drug-likeness (QED) is 0.540. The van der Waals surface area contributed by atoms with Crippen molar-refractivity contribution in [3.05, 3.63) is 41.6 Å². The van der Waals surface area contributed by atoms with Crippen LogP contribution in [-0.2, 0) is 4.79 Å². The van der Waals surface area contributed by atoms with Gasteiger partial charge in [-0.25, -0.2) is 13.8 Å². The molecule has 8 nitrogen and oxygen atoms in total. The van der Waals surface area contributed by atoms with Crippen molar-refractivity contribution in [3.8, 4) is 0 Å². The molecule has 3 rings (SSSR count). The molecule has 2 aromatic heterocycles. The summed E-state index contributed by atoms with van der Waals surface area (Å²) in [6, 6.07) is 3.39. The fourth-order valence-corrected chi connectivity index (χ4v) is 2.20. The summed E-state index contributed by atoms with van der Waals surface area (Å²) < 4.78 is 27.7. The Kier molecular flexibility index (Phi) is 4.01. The number of halogens is 2. The molecule has 0 radical (unpaired) electrons. The predicted octanol–water partition coefficient (Wildman–Crippen LogP) is 2.03. The van der Waals surface area contributed by atoms with Crippen LogP contribution in [0.3, 0.4) is 0 Å². The van der Waals surface area contributed by atoms with Crippen molar-refractivity contribution >= 4 is 40.0 Å². The van der Waals surface area contributed by atoms with Gasteiger partial charge < -0.3 is 16.4 Å². The van der Waals surface area contributed by atoms with E-state index >= 15 is 0 Å². The van der Waals surface area contributed by atoms with Gasteiger partial charge in [-0.15, -0.1) is 0 Å². The van der Waals surface area contributed by atoms with E-state index < -0.39 is 23.1 Å². The van der Waals surface area contributed by atoms with Crippen LogP contribution in [0.15, 0.2) is 24.4 Å². The lowest BCUT2D eigenvalue weighted by atomic mass is 10.1. The van der Waals surface area contributed by atoms with Crippen LogP contribution in [-0.4, -0.2) is 27.0 Å². The van der Waals surface area contributed by atoms with E-state index in [1.807, 2.05) is 0 Å². The number of H-pyrrole nitrogens is 1. The minimum Gasteiger partial charge on any atom is -0.396 e. The summed E-state index contributed by atoms with van der Waals surface area (Å²) in [7, 11) is 0. The second-order valence-corrected chi connectivity index (χ2v) is 5.15. The summed E-state index contributed by atoms with van der Waals surface area (Å²) >= 11 is 0. The zero-order valence-corrected chi connectivity index (χ0v) is 12.9. The first-order valence-corrected chi connectivity index (χ1v) is 7.03. The SMILES string of the molecule is CC(=O)Nc1n[nH]c2ncc(NC(=O)c3c(F)ccc(N)c3F)cc12. The van der Waals surface area contributed by atoms with Crippen LogP contribution in [0.4, 0.5) is 26.0 Å². The van der Waals surface area contributed by atoms with Crippen molar-refractivity contribution < 1.29 is 18.4 Å². The van der Waals surface area contributed by atoms with Crippen LogP contribution >= 0.6 is 0 Å². The number of hydrogen-bond donors (Lipinski definition) is 4. The number of aromatic nitrogens is 3. The van der Waals surface area contributed by atoms with Crippen LogP contribution in [0.5, 0.6) is 0 Å². The number of nitrogens with two attached hydrogens (primary N) is 1. The molecule has 10 heteroatoms. The molecule has 5 N–H and O–H groups in total. The highest BCUT2D eigenvalue weighted by Crippen LogP contribution is 2.24. The number of anilines is 3. The molecule has 0 aliphatic rings. The number of pyridine rings is 1. The number of nitrogen functional groups attached to an aromatic ring is 1. The third-order valence-corrected chi connectivity index (χ3v) is 3.32. The number of fused-ring (bicyclic) bond motifs is 1. The lowest BCUT2D eigenvalue weighted by molar-refractivity contribution is -0.114. The maximum atomic E-state index is 13.9. The maximum Gasteiger partial charge on any atom is 0.261 e. The molecule has 0 aliphatic carbocycles. The van der Waals surface area contributed by atoms with E-state index in [0.717, 1.165) is 12.1 Å². The molecule has 0 unspecified atom stereocenters. The Balaban J connectivity index is 1.94. The minimum atomic E-state index is -1.14. The predicted molar refractivity (Wildman–Crippen MR) is 86.9 cm³/mol. The topological polar surface area (TPSA) is 126 Å². The Hall–Kier alpha value is -3.56. The molecule has 128 valence electrons. The highest BCUT2D eigenvalue weighted by atomic mass is 19.1. The summed E-state index contributed by atoms with van der Waals surface area (Å²) in [5.74, 6) is -3.33. The Morgan fingerprint density at radius 1 is 1.24 bits per heavy atom. The zero-order valence-electron chi connectivity index (χ0n) is 12.9. The molecule has 2 heterocycles. The van der Waals surface area contributed by atoms with Gasteiger partial charge >= 0.3 is 0 Å². The fraction of sp³-hybridized carbons (Fsp3) is 0.0667. The van der Waals surface area contributed by atoms with E-state index in [1.54, 1.807) is 0 Å². The summed E-state index contributed by atoms with van der Waals surface area (Å²) in [6.07, 6.45) is 1.28. The number of amides is 2. The van der Waals surface area contributed by atoms with Crippen molar-refractivity contribution in [1.82, 2.24) is 15.2 Å². The fourth-order valence-electron chi connectivity index (χ4n) is 2.20. The number of carbonyl (C=O) groups excluding carboxylic acids is 2. The third kappa shape index (κ3) is 3.09. The second-order valence-electron chi connectivity index (χ2n) is 5.15. The van der Waals surface area contributed by atoms with Gasteiger partial charge in [0.2, 0.25) is 5.91 Å². The van der Waals surface area contributed by atoms with Crippen LogP contribution in [0.25, 0.3) is 11.0 Å². The maximum absolute atomic E-state index is 13.9. The molecule has 0 atom stereocenters. The molecule has 0 saturated carbocycles. The first-order valence-electron chi connectivity index (χ1n) is 7.03. The van der Waals surface area contributed by atoms with Crippen molar-refractivity contribution in [2.24, 2.45) is 0 Å². The average Bonchev–Trinajstić information content (AvgIpc) is 2.93. The number of rotatable bonds is 3. The Bertz CT molecular complexity index is 1000. The largest absolute Gasteiger partial charge is 0.396 e. The number of carbonyl (C=O) groups is 2. The lowest BCUT2D eigenvalue weighted by Crippen LogP contribution is -2.17. The molecule has 25 heavy (non-hydrogen) atoms. The number of benzene rings is 1. The molecule has 0 fully saturated rings. The Labute approximate surface area is 139 Å². The standard InChI is InChI=1S/C15H12F2N6O2/c1-6(24)20-14-8-4-7(5-19-13(8)22-23-14)21-15(25)11-9(16)2-3-10(18)12(11)17/h2-5H,18H2,1H3,(H,21,25)(H2,19,20,22,23,24). The normalized spacial score (nSPS) is 10.7. The van der Waals surface area contributed by atoms with E-state index in [-0.39, 0.29) is 23.1 Å². The second kappa shape index (κ2) is 6.15. The van der Waals surface area contributed by atoms with Crippen LogP contribution in [0.1, 0.15) is 17.3 Å². The molecule has 3 aromatic rings. The van der Waals surface area contributed by atoms with Gasteiger partial charge in [-0.05, 0) is 18.2 Å². The van der Waals surface area contributed by atoms with E-state index in [9.17, 15) is 18.4 Å². The van der Waals surface area contributed by atoms with Crippen molar-refractivity contribution in [3.63, 3.8) is 0 Å². The van der Waals surface area contributed by atoms with Crippen LogP contribution in [0, 0.1) is 11.6 Å². The summed E-state index contributed by atoms with van der Waals surface area (Å²) in [4.78, 5) is 27.4. The smallest absolute Gasteiger partial charge is 0.261 e. The van der Waals surface area contributed by atoms with Gasteiger partial charge in [-0.2, -0.15) is 5.10 Å². The van der Waals surface area contributed by atoms with Crippen LogP contribution in [0.2, 0.25) is 0 Å². The number of aromatic amines is 1. The number of nitrogens with zero attached hydrogens (tertiary/aromatic N) is 2. The number of nitrogens with one attached hydrogen (secondary N) is 3. The average molecular weight is 346 g/mol. The van der Waals surface area contributed by atoms with Gasteiger partial charge in [-0.3, -0.25) is 14.7 Å². The van der Waals surface area contributed by atoms with Gasteiger partial charge in [0.15, 0.2) is 17.3 Å². The summed E-state index contributed by atoms with van der Waals surface area (Å²) in [6.45, 7) is 1.31. The molecular weight excluding hydrogens is 334 g/mol.